The van der Waals surface area contributed by atoms with E-state index in [1.54, 1.807) is 6.07 Å². The summed E-state index contributed by atoms with van der Waals surface area (Å²) in [6, 6.07) is 8.32. The van der Waals surface area contributed by atoms with E-state index in [1.807, 2.05) is 0 Å². The third-order valence-electron chi connectivity index (χ3n) is 4.36. The number of halogens is 4. The molecule has 2 aromatic heterocycles. The lowest BCUT2D eigenvalue weighted by Crippen LogP contribution is -2.10. The molecular formula is C19H10F4N6O. The molecule has 0 fully saturated rings. The van der Waals surface area contributed by atoms with E-state index in [-0.39, 0.29) is 28.4 Å². The number of hydrogen-bond donors (Lipinski definition) is 2. The summed E-state index contributed by atoms with van der Waals surface area (Å²) in [5.41, 5.74) is 4.61. The lowest BCUT2D eigenvalue weighted by atomic mass is 10.1. The van der Waals surface area contributed by atoms with Gasteiger partial charge < -0.3 is 10.8 Å². The van der Waals surface area contributed by atoms with Gasteiger partial charge in [0.25, 0.3) is 0 Å². The van der Waals surface area contributed by atoms with Crippen molar-refractivity contribution in [2.75, 3.05) is 5.73 Å². The van der Waals surface area contributed by atoms with Crippen molar-refractivity contribution in [1.82, 2.24) is 19.6 Å². The molecular weight excluding hydrogens is 404 g/mol. The molecule has 11 heteroatoms. The summed E-state index contributed by atoms with van der Waals surface area (Å²) >= 11 is 0. The molecule has 0 radical (unpaired) electrons. The maximum atomic E-state index is 14.5. The van der Waals surface area contributed by atoms with E-state index in [1.165, 1.54) is 24.3 Å². The minimum Gasteiger partial charge on any atom is -0.380 e. The van der Waals surface area contributed by atoms with Crippen LogP contribution < -0.4 is 5.73 Å². The maximum Gasteiger partial charge on any atom is 0.223 e. The SMILES string of the molecule is N#Cc1cccc(-c2cc3nc(C(O)c4c(F)ccc(F)c4F)nn3c(N)n2)c1F. The monoisotopic (exact) mass is 414 g/mol. The zero-order valence-corrected chi connectivity index (χ0v) is 14.8. The number of nitriles is 1. The van der Waals surface area contributed by atoms with E-state index in [2.05, 4.69) is 15.1 Å². The van der Waals surface area contributed by atoms with Gasteiger partial charge in [0.05, 0.1) is 16.8 Å². The van der Waals surface area contributed by atoms with Gasteiger partial charge in [-0.1, -0.05) is 6.07 Å². The Bertz CT molecular complexity index is 1350. The fourth-order valence-electron chi connectivity index (χ4n) is 2.92. The number of aromatic nitrogens is 4. The van der Waals surface area contributed by atoms with E-state index < -0.39 is 40.8 Å². The third-order valence-corrected chi connectivity index (χ3v) is 4.36. The summed E-state index contributed by atoms with van der Waals surface area (Å²) in [6.07, 6.45) is -2.04. The third kappa shape index (κ3) is 2.99. The number of nitrogens with two attached hydrogens (primary N) is 1. The molecule has 0 saturated carbocycles. The van der Waals surface area contributed by atoms with Gasteiger partial charge in [0, 0.05) is 11.6 Å². The number of anilines is 1. The minimum atomic E-state index is -2.04. The highest BCUT2D eigenvalue weighted by atomic mass is 19.2. The molecule has 4 aromatic rings. The summed E-state index contributed by atoms with van der Waals surface area (Å²) in [7, 11) is 0. The van der Waals surface area contributed by atoms with Crippen LogP contribution in [0.2, 0.25) is 0 Å². The van der Waals surface area contributed by atoms with E-state index >= 15 is 0 Å². The van der Waals surface area contributed by atoms with Crippen molar-refractivity contribution >= 4 is 11.6 Å². The van der Waals surface area contributed by atoms with Crippen LogP contribution in [0, 0.1) is 34.6 Å². The molecule has 7 nitrogen and oxygen atoms in total. The maximum absolute atomic E-state index is 14.5. The number of rotatable bonds is 3. The van der Waals surface area contributed by atoms with Gasteiger partial charge in [-0.2, -0.15) is 9.78 Å². The van der Waals surface area contributed by atoms with Crippen LogP contribution in [0.1, 0.15) is 23.1 Å². The minimum absolute atomic E-state index is 0.0196. The van der Waals surface area contributed by atoms with Gasteiger partial charge in [0.15, 0.2) is 23.1 Å². The van der Waals surface area contributed by atoms with Gasteiger partial charge in [0.2, 0.25) is 5.95 Å². The Hall–Kier alpha value is -4.04. The molecule has 0 saturated heterocycles. The lowest BCUT2D eigenvalue weighted by molar-refractivity contribution is 0.197. The molecule has 1 unspecified atom stereocenters. The van der Waals surface area contributed by atoms with Crippen molar-refractivity contribution in [3.63, 3.8) is 0 Å². The molecule has 0 aliphatic heterocycles. The summed E-state index contributed by atoms with van der Waals surface area (Å²) in [5.74, 6) is -5.69. The first-order chi connectivity index (χ1) is 14.3. The number of hydrogen-bond acceptors (Lipinski definition) is 6. The Balaban J connectivity index is 1.85. The Morgan fingerprint density at radius 2 is 1.77 bits per heavy atom. The molecule has 30 heavy (non-hydrogen) atoms. The van der Waals surface area contributed by atoms with Gasteiger partial charge in [-0.25, -0.2) is 27.5 Å². The molecule has 0 bridgehead atoms. The van der Waals surface area contributed by atoms with Crippen LogP contribution in [-0.2, 0) is 0 Å². The first-order valence-corrected chi connectivity index (χ1v) is 8.35. The van der Waals surface area contributed by atoms with Gasteiger partial charge in [-0.3, -0.25) is 0 Å². The van der Waals surface area contributed by atoms with Crippen LogP contribution in [0.15, 0.2) is 36.4 Å². The molecule has 0 aliphatic carbocycles. The smallest absolute Gasteiger partial charge is 0.223 e. The van der Waals surface area contributed by atoms with Gasteiger partial charge >= 0.3 is 0 Å². The van der Waals surface area contributed by atoms with E-state index in [9.17, 15) is 22.7 Å². The molecule has 150 valence electrons. The molecule has 1 atom stereocenters. The van der Waals surface area contributed by atoms with Gasteiger partial charge in [0.1, 0.15) is 23.8 Å². The highest BCUT2D eigenvalue weighted by molar-refractivity contribution is 5.67. The van der Waals surface area contributed by atoms with Crippen LogP contribution in [0.3, 0.4) is 0 Å². The molecule has 0 aliphatic rings. The first-order valence-electron chi connectivity index (χ1n) is 8.35. The predicted octanol–water partition coefficient (Wildman–Crippen LogP) is 2.88. The van der Waals surface area contributed by atoms with Crippen LogP contribution in [-0.4, -0.2) is 24.7 Å². The standard InChI is InChI=1S/C19H10F4N6O/c20-10-4-5-11(21)16(23)14(10)17(30)18-27-13-6-12(26-19(25)29(13)28-18)9-3-1-2-8(7-24)15(9)22/h1-6,17,30H,(H2,25,26). The second kappa shape index (κ2) is 7.09. The molecule has 0 spiro atoms. The van der Waals surface area contributed by atoms with Gasteiger partial charge in [-0.05, 0) is 24.3 Å². The van der Waals surface area contributed by atoms with Crippen LogP contribution in [0.5, 0.6) is 0 Å². The fraction of sp³-hybridized carbons (Fsp3) is 0.0526. The molecule has 0 amide bonds. The molecule has 4 rings (SSSR count). The lowest BCUT2D eigenvalue weighted by Gasteiger charge is -2.09. The van der Waals surface area contributed by atoms with E-state index in [4.69, 9.17) is 11.0 Å². The van der Waals surface area contributed by atoms with Crippen molar-refractivity contribution in [1.29, 1.82) is 5.26 Å². The summed E-state index contributed by atoms with van der Waals surface area (Å²) in [6.45, 7) is 0. The first kappa shape index (κ1) is 19.3. The zero-order chi connectivity index (χ0) is 21.6. The second-order valence-corrected chi connectivity index (χ2v) is 6.18. The summed E-state index contributed by atoms with van der Waals surface area (Å²) in [4.78, 5) is 7.96. The van der Waals surface area contributed by atoms with Crippen molar-refractivity contribution in [2.24, 2.45) is 0 Å². The quantitative estimate of drug-likeness (QED) is 0.394. The van der Waals surface area contributed by atoms with Crippen molar-refractivity contribution in [3.8, 4) is 17.3 Å². The summed E-state index contributed by atoms with van der Waals surface area (Å²) < 4.78 is 56.8. The normalized spacial score (nSPS) is 12.1. The highest BCUT2D eigenvalue weighted by Crippen LogP contribution is 2.29. The number of nitrogens with zero attached hydrogens (tertiary/aromatic N) is 5. The Labute approximate surface area is 165 Å². The molecule has 2 heterocycles. The van der Waals surface area contributed by atoms with Gasteiger partial charge in [-0.15, -0.1) is 5.10 Å². The molecule has 2 aromatic carbocycles. The number of aliphatic hydroxyl groups excluding tert-OH is 1. The fourth-order valence-corrected chi connectivity index (χ4v) is 2.92. The van der Waals surface area contributed by atoms with Crippen molar-refractivity contribution < 1.29 is 22.7 Å². The Morgan fingerprint density at radius 3 is 2.50 bits per heavy atom. The molecule has 3 N–H and O–H groups in total. The number of nitrogen functional groups attached to an aromatic ring is 1. The Kier molecular flexibility index (Phi) is 4.56. The van der Waals surface area contributed by atoms with E-state index in [0.29, 0.717) is 12.1 Å². The summed E-state index contributed by atoms with van der Waals surface area (Å²) in [5, 5.41) is 23.2. The van der Waals surface area contributed by atoms with Crippen LogP contribution in [0.4, 0.5) is 23.5 Å². The highest BCUT2D eigenvalue weighted by Gasteiger charge is 2.26. The Morgan fingerprint density at radius 1 is 1.03 bits per heavy atom. The number of benzene rings is 2. The van der Waals surface area contributed by atoms with Crippen LogP contribution in [0.25, 0.3) is 16.9 Å². The van der Waals surface area contributed by atoms with E-state index in [0.717, 1.165) is 4.52 Å². The predicted molar refractivity (Wildman–Crippen MR) is 95.7 cm³/mol. The topological polar surface area (TPSA) is 113 Å². The van der Waals surface area contributed by atoms with Crippen LogP contribution >= 0.6 is 0 Å². The second-order valence-electron chi connectivity index (χ2n) is 6.18. The number of aliphatic hydroxyl groups is 1. The van der Waals surface area contributed by atoms with Crippen molar-refractivity contribution in [3.05, 3.63) is 76.6 Å². The zero-order valence-electron chi connectivity index (χ0n) is 14.8. The largest absolute Gasteiger partial charge is 0.380 e. The average molecular weight is 414 g/mol. The van der Waals surface area contributed by atoms with Crippen molar-refractivity contribution in [2.45, 2.75) is 6.10 Å². The average Bonchev–Trinajstić information content (AvgIpc) is 3.16. The number of fused-ring (bicyclic) bond motifs is 1.